The van der Waals surface area contributed by atoms with Crippen molar-refractivity contribution < 1.29 is 13.2 Å². The van der Waals surface area contributed by atoms with E-state index in [0.717, 1.165) is 5.56 Å². The van der Waals surface area contributed by atoms with Gasteiger partial charge in [0, 0.05) is 17.8 Å². The van der Waals surface area contributed by atoms with E-state index in [4.69, 9.17) is 0 Å². The van der Waals surface area contributed by atoms with Gasteiger partial charge in [-0.3, -0.25) is 9.10 Å². The number of fused-ring (bicyclic) bond motifs is 2. The Morgan fingerprint density at radius 2 is 1.74 bits per heavy atom. The van der Waals surface area contributed by atoms with Crippen LogP contribution in [0.2, 0.25) is 0 Å². The lowest BCUT2D eigenvalue weighted by Gasteiger charge is -2.20. The number of rotatable bonds is 4. The highest BCUT2D eigenvalue weighted by atomic mass is 32.2. The second kappa shape index (κ2) is 7.13. The highest BCUT2D eigenvalue weighted by molar-refractivity contribution is 7.92. The van der Waals surface area contributed by atoms with Gasteiger partial charge in [-0.15, -0.1) is 0 Å². The molecule has 4 aromatic rings. The second-order valence-electron chi connectivity index (χ2n) is 7.28. The van der Waals surface area contributed by atoms with E-state index in [9.17, 15) is 18.0 Å². The number of aromatic nitrogens is 2. The molecule has 1 aliphatic heterocycles. The average Bonchev–Trinajstić information content (AvgIpc) is 3.36. The maximum Gasteiger partial charge on any atom is 0.323 e. The number of sulfonamides is 1. The van der Waals surface area contributed by atoms with Gasteiger partial charge in [0.05, 0.1) is 21.6 Å². The van der Waals surface area contributed by atoms with Crippen molar-refractivity contribution in [3.05, 3.63) is 88.3 Å². The molecule has 3 aromatic carbocycles. The number of hydrogen-bond donors (Lipinski definition) is 3. The van der Waals surface area contributed by atoms with Crippen LogP contribution >= 0.6 is 0 Å². The Hall–Kier alpha value is -3.85. The van der Waals surface area contributed by atoms with E-state index in [1.54, 1.807) is 36.4 Å². The summed E-state index contributed by atoms with van der Waals surface area (Å²) in [5, 5.41) is 2.74. The zero-order chi connectivity index (χ0) is 21.6. The van der Waals surface area contributed by atoms with E-state index in [0.29, 0.717) is 35.4 Å². The third-order valence-corrected chi connectivity index (χ3v) is 7.11. The Labute approximate surface area is 177 Å². The third-order valence-electron chi connectivity index (χ3n) is 5.30. The van der Waals surface area contributed by atoms with Crippen molar-refractivity contribution >= 4 is 38.3 Å². The molecule has 2 heterocycles. The zero-order valence-corrected chi connectivity index (χ0v) is 17.1. The zero-order valence-electron chi connectivity index (χ0n) is 16.3. The highest BCUT2D eigenvalue weighted by Crippen LogP contribution is 2.32. The van der Waals surface area contributed by atoms with E-state index in [2.05, 4.69) is 15.3 Å². The molecule has 1 amide bonds. The van der Waals surface area contributed by atoms with Crippen LogP contribution in [0.25, 0.3) is 11.0 Å². The van der Waals surface area contributed by atoms with Gasteiger partial charge in [-0.05, 0) is 54.4 Å². The molecule has 1 aliphatic rings. The fraction of sp³-hybridized carbons (Fsp3) is 0.0909. The van der Waals surface area contributed by atoms with Gasteiger partial charge in [0.2, 0.25) is 0 Å². The van der Waals surface area contributed by atoms with Crippen molar-refractivity contribution in [2.75, 3.05) is 16.2 Å². The molecule has 9 heteroatoms. The van der Waals surface area contributed by atoms with Crippen LogP contribution in [0.15, 0.2) is 76.4 Å². The first-order chi connectivity index (χ1) is 14.9. The Bertz CT molecular complexity index is 1490. The monoisotopic (exact) mass is 434 g/mol. The quantitative estimate of drug-likeness (QED) is 0.458. The van der Waals surface area contributed by atoms with Gasteiger partial charge in [0.1, 0.15) is 0 Å². The van der Waals surface area contributed by atoms with E-state index < -0.39 is 15.9 Å². The maximum atomic E-state index is 13.2. The summed E-state index contributed by atoms with van der Waals surface area (Å²) in [5.74, 6) is -0.448. The molecule has 0 spiro atoms. The summed E-state index contributed by atoms with van der Waals surface area (Å²) in [6.45, 7) is 0.368. The summed E-state index contributed by atoms with van der Waals surface area (Å²) in [7, 11) is -3.80. The summed E-state index contributed by atoms with van der Waals surface area (Å²) < 4.78 is 27.9. The molecule has 156 valence electrons. The number of anilines is 2. The van der Waals surface area contributed by atoms with Crippen molar-refractivity contribution in [3.63, 3.8) is 0 Å². The van der Waals surface area contributed by atoms with Gasteiger partial charge >= 0.3 is 5.69 Å². The van der Waals surface area contributed by atoms with Crippen molar-refractivity contribution in [1.82, 2.24) is 9.97 Å². The summed E-state index contributed by atoms with van der Waals surface area (Å²) in [4.78, 5) is 29.5. The summed E-state index contributed by atoms with van der Waals surface area (Å²) in [5.41, 5.74) is 3.21. The molecule has 1 aromatic heterocycles. The molecule has 0 saturated carbocycles. The van der Waals surface area contributed by atoms with Crippen LogP contribution < -0.4 is 15.3 Å². The van der Waals surface area contributed by atoms with E-state index >= 15 is 0 Å². The third kappa shape index (κ3) is 3.38. The minimum atomic E-state index is -3.80. The van der Waals surface area contributed by atoms with Crippen molar-refractivity contribution in [2.45, 2.75) is 11.3 Å². The average molecular weight is 434 g/mol. The van der Waals surface area contributed by atoms with Gasteiger partial charge < -0.3 is 15.3 Å². The first-order valence-electron chi connectivity index (χ1n) is 9.66. The lowest BCUT2D eigenvalue weighted by molar-refractivity contribution is 0.102. The number of amides is 1. The van der Waals surface area contributed by atoms with Crippen molar-refractivity contribution in [3.8, 4) is 0 Å². The predicted molar refractivity (Wildman–Crippen MR) is 118 cm³/mol. The van der Waals surface area contributed by atoms with Crippen LogP contribution in [0, 0.1) is 0 Å². The van der Waals surface area contributed by atoms with Gasteiger partial charge in [-0.1, -0.05) is 24.3 Å². The van der Waals surface area contributed by atoms with Crippen LogP contribution in [-0.2, 0) is 16.4 Å². The van der Waals surface area contributed by atoms with Gasteiger partial charge in [0.15, 0.2) is 0 Å². The van der Waals surface area contributed by atoms with E-state index in [-0.39, 0.29) is 16.1 Å². The largest absolute Gasteiger partial charge is 0.323 e. The fourth-order valence-corrected chi connectivity index (χ4v) is 5.35. The van der Waals surface area contributed by atoms with E-state index in [1.165, 1.54) is 16.4 Å². The fourth-order valence-electron chi connectivity index (χ4n) is 3.80. The van der Waals surface area contributed by atoms with Crippen molar-refractivity contribution in [1.29, 1.82) is 0 Å². The Kier molecular flexibility index (Phi) is 4.40. The topological polar surface area (TPSA) is 115 Å². The smallest absolute Gasteiger partial charge is 0.322 e. The summed E-state index contributed by atoms with van der Waals surface area (Å²) in [6, 6.07) is 18.4. The lowest BCUT2D eigenvalue weighted by atomic mass is 10.2. The maximum absolute atomic E-state index is 13.2. The summed E-state index contributed by atoms with van der Waals surface area (Å²) >= 11 is 0. The molecular formula is C22H18N4O4S. The number of H-pyrrole nitrogens is 2. The lowest BCUT2D eigenvalue weighted by Crippen LogP contribution is -2.29. The number of benzene rings is 3. The van der Waals surface area contributed by atoms with Crippen LogP contribution in [0.3, 0.4) is 0 Å². The Morgan fingerprint density at radius 3 is 2.61 bits per heavy atom. The minimum absolute atomic E-state index is 0.0577. The van der Waals surface area contributed by atoms with E-state index in [1.807, 2.05) is 18.2 Å². The van der Waals surface area contributed by atoms with Crippen molar-refractivity contribution in [2.24, 2.45) is 0 Å². The molecule has 3 N–H and O–H groups in total. The van der Waals surface area contributed by atoms with Crippen LogP contribution in [0.5, 0.6) is 0 Å². The number of imidazole rings is 1. The molecule has 5 rings (SSSR count). The van der Waals surface area contributed by atoms with Gasteiger partial charge in [-0.2, -0.15) is 0 Å². The molecule has 0 saturated heterocycles. The first kappa shape index (κ1) is 19.1. The predicted octanol–water partition coefficient (Wildman–Crippen LogP) is 2.86. The number of para-hydroxylation sites is 1. The number of carbonyl (C=O) groups is 1. The van der Waals surface area contributed by atoms with Crippen LogP contribution in [0.4, 0.5) is 11.4 Å². The molecule has 0 radical (unpaired) electrons. The van der Waals surface area contributed by atoms with Gasteiger partial charge in [-0.25, -0.2) is 13.2 Å². The molecule has 0 bridgehead atoms. The SMILES string of the molecule is O=C(Nc1ccc2[nH]c(=O)[nH]c2c1)c1cccc(S(=O)(=O)N2CCc3ccccc32)c1. The first-order valence-corrected chi connectivity index (χ1v) is 11.1. The Morgan fingerprint density at radius 1 is 0.935 bits per heavy atom. The number of nitrogens with one attached hydrogen (secondary N) is 3. The number of hydrogen-bond acceptors (Lipinski definition) is 4. The normalized spacial score (nSPS) is 13.4. The number of carbonyl (C=O) groups excluding carboxylic acids is 1. The molecule has 8 nitrogen and oxygen atoms in total. The van der Waals surface area contributed by atoms with Gasteiger partial charge in [0.25, 0.3) is 15.9 Å². The summed E-state index contributed by atoms with van der Waals surface area (Å²) in [6.07, 6.45) is 0.652. The highest BCUT2D eigenvalue weighted by Gasteiger charge is 2.30. The minimum Gasteiger partial charge on any atom is -0.322 e. The number of aromatic amines is 2. The van der Waals surface area contributed by atoms with Crippen LogP contribution in [0.1, 0.15) is 15.9 Å². The van der Waals surface area contributed by atoms with Crippen LogP contribution in [-0.4, -0.2) is 30.8 Å². The Balaban J connectivity index is 1.43. The number of nitrogens with zero attached hydrogens (tertiary/aromatic N) is 1. The molecular weight excluding hydrogens is 416 g/mol. The molecule has 0 atom stereocenters. The molecule has 0 aliphatic carbocycles. The molecule has 0 fully saturated rings. The second-order valence-corrected chi connectivity index (χ2v) is 9.14. The standard InChI is InChI=1S/C22H18N4O4S/c27-21(23-16-8-9-18-19(13-16)25-22(28)24-18)15-5-3-6-17(12-15)31(29,30)26-11-10-14-4-1-2-7-20(14)26/h1-9,12-13H,10-11H2,(H,23,27)(H2,24,25,28). The molecule has 31 heavy (non-hydrogen) atoms. The molecule has 0 unspecified atom stereocenters.